The van der Waals surface area contributed by atoms with Crippen LogP contribution in [0.2, 0.25) is 0 Å². The highest BCUT2D eigenvalue weighted by Crippen LogP contribution is 2.17. The number of sulfonamides is 1. The van der Waals surface area contributed by atoms with Gasteiger partial charge in [-0.3, -0.25) is 9.10 Å². The van der Waals surface area contributed by atoms with Gasteiger partial charge in [0.05, 0.1) is 11.9 Å². The van der Waals surface area contributed by atoms with Gasteiger partial charge in [0.2, 0.25) is 15.9 Å². The normalized spacial score (nSPS) is 15.9. The van der Waals surface area contributed by atoms with Crippen molar-refractivity contribution in [2.75, 3.05) is 30.2 Å². The monoisotopic (exact) mass is 296 g/mol. The predicted octanol–water partition coefficient (Wildman–Crippen LogP) is 1.47. The molecule has 5 nitrogen and oxygen atoms in total. The fraction of sp³-hybridized carbons (Fsp3) is 0.500. The molecule has 0 atom stereocenters. The minimum absolute atomic E-state index is 0.122. The molecule has 1 aliphatic rings. The number of carbonyl (C=O) groups excluding carboxylic acids is 1. The number of nitrogens with zero attached hydrogens (tertiary/aromatic N) is 2. The Bertz CT molecular complexity index is 551. The molecule has 1 heterocycles. The van der Waals surface area contributed by atoms with Crippen LogP contribution in [0, 0.1) is 0 Å². The Balaban J connectivity index is 2.15. The molecular weight excluding hydrogens is 276 g/mol. The third-order valence-corrected chi connectivity index (χ3v) is 4.57. The summed E-state index contributed by atoms with van der Waals surface area (Å²) in [5, 5.41) is 0. The first-order valence-electron chi connectivity index (χ1n) is 6.79. The van der Waals surface area contributed by atoms with Gasteiger partial charge in [-0.25, -0.2) is 8.42 Å². The molecule has 2 rings (SSSR count). The molecule has 0 unspecified atom stereocenters. The topological polar surface area (TPSA) is 57.7 Å². The Morgan fingerprint density at radius 2 is 1.75 bits per heavy atom. The van der Waals surface area contributed by atoms with Crippen LogP contribution in [-0.2, 0) is 14.8 Å². The summed E-state index contributed by atoms with van der Waals surface area (Å²) in [7, 11) is -3.47. The number of hydrogen-bond donors (Lipinski definition) is 0. The van der Waals surface area contributed by atoms with E-state index in [4.69, 9.17) is 0 Å². The van der Waals surface area contributed by atoms with Gasteiger partial charge in [0, 0.05) is 13.1 Å². The Morgan fingerprint density at radius 1 is 1.15 bits per heavy atom. The quantitative estimate of drug-likeness (QED) is 0.845. The van der Waals surface area contributed by atoms with E-state index in [-0.39, 0.29) is 12.5 Å². The molecular formula is C14H20N2O3S. The summed E-state index contributed by atoms with van der Waals surface area (Å²) < 4.78 is 25.0. The molecule has 0 saturated carbocycles. The summed E-state index contributed by atoms with van der Waals surface area (Å²) in [5.74, 6) is -0.126. The van der Waals surface area contributed by atoms with E-state index >= 15 is 0 Å². The van der Waals surface area contributed by atoms with E-state index in [0.29, 0.717) is 5.69 Å². The summed E-state index contributed by atoms with van der Waals surface area (Å²) in [4.78, 5) is 14.0. The number of piperidine rings is 1. The number of para-hydroxylation sites is 1. The smallest absolute Gasteiger partial charge is 0.243 e. The minimum Gasteiger partial charge on any atom is -0.341 e. The molecule has 20 heavy (non-hydrogen) atoms. The molecule has 1 amide bonds. The van der Waals surface area contributed by atoms with Crippen molar-refractivity contribution in [3.05, 3.63) is 30.3 Å². The van der Waals surface area contributed by atoms with Crippen LogP contribution in [0.15, 0.2) is 30.3 Å². The van der Waals surface area contributed by atoms with Gasteiger partial charge in [0.1, 0.15) is 6.54 Å². The zero-order valence-electron chi connectivity index (χ0n) is 11.7. The van der Waals surface area contributed by atoms with Gasteiger partial charge in [0.25, 0.3) is 0 Å². The van der Waals surface area contributed by atoms with Crippen molar-refractivity contribution in [3.8, 4) is 0 Å². The van der Waals surface area contributed by atoms with Gasteiger partial charge < -0.3 is 4.90 Å². The van der Waals surface area contributed by atoms with Crippen molar-refractivity contribution < 1.29 is 13.2 Å². The Labute approximate surface area is 120 Å². The second-order valence-corrected chi connectivity index (χ2v) is 6.95. The van der Waals surface area contributed by atoms with Crippen LogP contribution < -0.4 is 4.31 Å². The molecule has 1 aromatic carbocycles. The third kappa shape index (κ3) is 3.72. The Morgan fingerprint density at radius 3 is 2.30 bits per heavy atom. The molecule has 0 aliphatic carbocycles. The van der Waals surface area contributed by atoms with Crippen LogP contribution in [0.3, 0.4) is 0 Å². The lowest BCUT2D eigenvalue weighted by atomic mass is 10.1. The third-order valence-electron chi connectivity index (χ3n) is 3.43. The fourth-order valence-corrected chi connectivity index (χ4v) is 3.21. The highest BCUT2D eigenvalue weighted by Gasteiger charge is 2.24. The lowest BCUT2D eigenvalue weighted by Gasteiger charge is -2.30. The van der Waals surface area contributed by atoms with Gasteiger partial charge in [0.15, 0.2) is 0 Å². The highest BCUT2D eigenvalue weighted by atomic mass is 32.2. The van der Waals surface area contributed by atoms with Gasteiger partial charge in [-0.15, -0.1) is 0 Å². The van der Waals surface area contributed by atoms with Gasteiger partial charge in [-0.05, 0) is 31.4 Å². The van der Waals surface area contributed by atoms with E-state index in [1.54, 1.807) is 29.2 Å². The lowest BCUT2D eigenvalue weighted by Crippen LogP contribution is -2.44. The van der Waals surface area contributed by atoms with Crippen LogP contribution in [0.1, 0.15) is 19.3 Å². The van der Waals surface area contributed by atoms with Crippen LogP contribution in [0.25, 0.3) is 0 Å². The standard InChI is InChI=1S/C14H20N2O3S/c1-20(18,19)16(13-8-4-2-5-9-13)12-14(17)15-10-6-3-7-11-15/h2,4-5,8-9H,3,6-7,10-12H2,1H3. The number of likely N-dealkylation sites (tertiary alicyclic amines) is 1. The maximum atomic E-state index is 12.2. The summed E-state index contributed by atoms with van der Waals surface area (Å²) >= 11 is 0. The molecule has 0 aromatic heterocycles. The van der Waals surface area contributed by atoms with E-state index in [0.717, 1.165) is 38.6 Å². The van der Waals surface area contributed by atoms with E-state index in [1.807, 2.05) is 6.07 Å². The predicted molar refractivity (Wildman–Crippen MR) is 79.1 cm³/mol. The van der Waals surface area contributed by atoms with E-state index in [1.165, 1.54) is 4.31 Å². The maximum Gasteiger partial charge on any atom is 0.243 e. The van der Waals surface area contributed by atoms with E-state index in [2.05, 4.69) is 0 Å². The van der Waals surface area contributed by atoms with Crippen molar-refractivity contribution in [1.29, 1.82) is 0 Å². The van der Waals surface area contributed by atoms with Crippen molar-refractivity contribution in [2.24, 2.45) is 0 Å². The summed E-state index contributed by atoms with van der Waals surface area (Å²) in [6.07, 6.45) is 4.26. The van der Waals surface area contributed by atoms with E-state index in [9.17, 15) is 13.2 Å². The molecule has 1 aliphatic heterocycles. The second kappa shape index (κ2) is 6.26. The number of anilines is 1. The molecule has 0 N–H and O–H groups in total. The molecule has 1 saturated heterocycles. The van der Waals surface area contributed by atoms with Crippen molar-refractivity contribution in [2.45, 2.75) is 19.3 Å². The minimum atomic E-state index is -3.47. The zero-order chi connectivity index (χ0) is 14.6. The van der Waals surface area contributed by atoms with Crippen molar-refractivity contribution in [1.82, 2.24) is 4.90 Å². The summed E-state index contributed by atoms with van der Waals surface area (Å²) in [5.41, 5.74) is 0.528. The second-order valence-electron chi connectivity index (χ2n) is 5.05. The van der Waals surface area contributed by atoms with Crippen molar-refractivity contribution >= 4 is 21.6 Å². The zero-order valence-corrected chi connectivity index (χ0v) is 12.5. The number of rotatable bonds is 4. The molecule has 1 aromatic rings. The van der Waals surface area contributed by atoms with Gasteiger partial charge in [-0.2, -0.15) is 0 Å². The first-order valence-corrected chi connectivity index (χ1v) is 8.64. The summed E-state index contributed by atoms with van der Waals surface area (Å²) in [6.45, 7) is 1.33. The van der Waals surface area contributed by atoms with E-state index < -0.39 is 10.0 Å². The van der Waals surface area contributed by atoms with Crippen molar-refractivity contribution in [3.63, 3.8) is 0 Å². The average Bonchev–Trinajstić information content (AvgIpc) is 2.45. The number of carbonyl (C=O) groups is 1. The highest BCUT2D eigenvalue weighted by molar-refractivity contribution is 7.92. The number of benzene rings is 1. The molecule has 0 bridgehead atoms. The summed E-state index contributed by atoms with van der Waals surface area (Å²) in [6, 6.07) is 8.74. The maximum absolute atomic E-state index is 12.2. The first kappa shape index (κ1) is 14.8. The molecule has 110 valence electrons. The number of amides is 1. The largest absolute Gasteiger partial charge is 0.341 e. The molecule has 1 fully saturated rings. The molecule has 6 heteroatoms. The van der Waals surface area contributed by atoms with Crippen LogP contribution in [-0.4, -0.2) is 45.1 Å². The van der Waals surface area contributed by atoms with Crippen LogP contribution in [0.4, 0.5) is 5.69 Å². The van der Waals surface area contributed by atoms with Gasteiger partial charge >= 0.3 is 0 Å². The SMILES string of the molecule is CS(=O)(=O)N(CC(=O)N1CCCCC1)c1ccccc1. The number of hydrogen-bond acceptors (Lipinski definition) is 3. The Hall–Kier alpha value is -1.56. The molecule has 0 radical (unpaired) electrons. The average molecular weight is 296 g/mol. The molecule has 0 spiro atoms. The fourth-order valence-electron chi connectivity index (χ4n) is 2.36. The van der Waals surface area contributed by atoms with Gasteiger partial charge in [-0.1, -0.05) is 18.2 Å². The lowest BCUT2D eigenvalue weighted by molar-refractivity contribution is -0.130. The van der Waals surface area contributed by atoms with Crippen LogP contribution >= 0.6 is 0 Å². The first-order chi connectivity index (χ1) is 9.48. The Kier molecular flexibility index (Phi) is 4.65. The van der Waals surface area contributed by atoms with Crippen LogP contribution in [0.5, 0.6) is 0 Å².